The van der Waals surface area contributed by atoms with Gasteiger partial charge < -0.3 is 10.2 Å². The maximum absolute atomic E-state index is 13.5. The zero-order valence-corrected chi connectivity index (χ0v) is 17.3. The molecule has 0 fully saturated rings. The topological polar surface area (TPSA) is 97.4 Å². The van der Waals surface area contributed by atoms with Gasteiger partial charge in [0.25, 0.3) is 11.8 Å². The standard InChI is InChI=1S/C21H19F2N7O2/c1-28(9-7-22)20(32)15-11-24-29(2)18(15)19(31)26-17-6-8-30-12-16(25-21(30)27-17)13-4-3-5-14(23)10-13/h3-6,8,10-12H,7,9H2,1-2H3,(H,25,26,27,31). The Labute approximate surface area is 181 Å². The molecule has 1 N–H and O–H groups in total. The minimum absolute atomic E-state index is 0.0196. The van der Waals surface area contributed by atoms with E-state index in [1.54, 1.807) is 35.0 Å². The van der Waals surface area contributed by atoms with Crippen LogP contribution in [0.25, 0.3) is 17.0 Å². The van der Waals surface area contributed by atoms with Gasteiger partial charge in [0, 0.05) is 38.6 Å². The summed E-state index contributed by atoms with van der Waals surface area (Å²) in [6.45, 7) is -0.795. The molecule has 0 aliphatic heterocycles. The Balaban J connectivity index is 1.60. The van der Waals surface area contributed by atoms with Crippen LogP contribution < -0.4 is 5.32 Å². The predicted molar refractivity (Wildman–Crippen MR) is 112 cm³/mol. The largest absolute Gasteiger partial charge is 0.339 e. The molecule has 3 aromatic heterocycles. The van der Waals surface area contributed by atoms with Gasteiger partial charge in [0.2, 0.25) is 5.78 Å². The second-order valence-corrected chi connectivity index (χ2v) is 7.06. The molecule has 4 aromatic rings. The van der Waals surface area contributed by atoms with Crippen molar-refractivity contribution >= 4 is 23.4 Å². The molecular weight excluding hydrogens is 420 g/mol. The third-order valence-electron chi connectivity index (χ3n) is 4.84. The predicted octanol–water partition coefficient (Wildman–Crippen LogP) is 2.56. The molecule has 11 heteroatoms. The van der Waals surface area contributed by atoms with Crippen molar-refractivity contribution in [2.45, 2.75) is 0 Å². The van der Waals surface area contributed by atoms with Crippen molar-refractivity contribution in [2.75, 3.05) is 25.6 Å². The second-order valence-electron chi connectivity index (χ2n) is 7.06. The first-order chi connectivity index (χ1) is 15.4. The molecule has 9 nitrogen and oxygen atoms in total. The summed E-state index contributed by atoms with van der Waals surface area (Å²) < 4.78 is 29.0. The molecule has 2 amide bonds. The number of nitrogens with one attached hydrogen (secondary N) is 1. The van der Waals surface area contributed by atoms with Gasteiger partial charge in [0.15, 0.2) is 0 Å². The first kappa shape index (κ1) is 21.1. The molecule has 0 aliphatic rings. The molecule has 0 saturated carbocycles. The monoisotopic (exact) mass is 439 g/mol. The van der Waals surface area contributed by atoms with Gasteiger partial charge in [-0.25, -0.2) is 13.8 Å². The molecule has 3 heterocycles. The fourth-order valence-electron chi connectivity index (χ4n) is 3.20. The molecule has 0 saturated heterocycles. The first-order valence-corrected chi connectivity index (χ1v) is 9.64. The molecule has 0 bridgehead atoms. The molecule has 0 radical (unpaired) electrons. The van der Waals surface area contributed by atoms with Gasteiger partial charge in [-0.05, 0) is 18.2 Å². The van der Waals surface area contributed by atoms with Crippen LogP contribution in [0.15, 0.2) is 48.9 Å². The summed E-state index contributed by atoms with van der Waals surface area (Å²) in [5, 5.41) is 6.62. The van der Waals surface area contributed by atoms with Gasteiger partial charge in [0.1, 0.15) is 24.0 Å². The van der Waals surface area contributed by atoms with E-state index in [2.05, 4.69) is 20.4 Å². The summed E-state index contributed by atoms with van der Waals surface area (Å²) in [4.78, 5) is 35.3. The molecule has 32 heavy (non-hydrogen) atoms. The molecule has 0 spiro atoms. The Hall–Kier alpha value is -4.15. The smallest absolute Gasteiger partial charge is 0.275 e. The van der Waals surface area contributed by atoms with Gasteiger partial charge in [-0.2, -0.15) is 10.1 Å². The quantitative estimate of drug-likeness (QED) is 0.498. The summed E-state index contributed by atoms with van der Waals surface area (Å²) in [5.74, 6) is -0.992. The SMILES string of the molecule is CN(CCF)C(=O)c1cnn(C)c1C(=O)Nc1ccn2cc(-c3cccc(F)c3)nc2n1. The van der Waals surface area contributed by atoms with Crippen LogP contribution in [0.4, 0.5) is 14.6 Å². The van der Waals surface area contributed by atoms with E-state index in [0.29, 0.717) is 17.0 Å². The van der Waals surface area contributed by atoms with Gasteiger partial charge >= 0.3 is 0 Å². The molecule has 0 atom stereocenters. The van der Waals surface area contributed by atoms with Gasteiger partial charge in [0.05, 0.1) is 17.5 Å². The van der Waals surface area contributed by atoms with Crippen molar-refractivity contribution in [1.29, 1.82) is 0 Å². The van der Waals surface area contributed by atoms with Crippen molar-refractivity contribution in [3.05, 3.63) is 66.0 Å². The first-order valence-electron chi connectivity index (χ1n) is 9.64. The number of rotatable bonds is 6. The van der Waals surface area contributed by atoms with Crippen LogP contribution >= 0.6 is 0 Å². The normalized spacial score (nSPS) is 11.0. The minimum Gasteiger partial charge on any atom is -0.339 e. The lowest BCUT2D eigenvalue weighted by atomic mass is 10.2. The van der Waals surface area contributed by atoms with Crippen molar-refractivity contribution in [1.82, 2.24) is 29.0 Å². The third kappa shape index (κ3) is 4.04. The Morgan fingerprint density at radius 2 is 2.03 bits per heavy atom. The van der Waals surface area contributed by atoms with Crippen LogP contribution in [0, 0.1) is 5.82 Å². The van der Waals surface area contributed by atoms with E-state index < -0.39 is 18.5 Å². The van der Waals surface area contributed by atoms with E-state index in [4.69, 9.17) is 0 Å². The number of imidazole rings is 1. The van der Waals surface area contributed by atoms with Gasteiger partial charge in [-0.1, -0.05) is 12.1 Å². The van der Waals surface area contributed by atoms with E-state index in [1.807, 2.05) is 0 Å². The zero-order valence-electron chi connectivity index (χ0n) is 17.3. The molecular formula is C21H19F2N7O2. The number of fused-ring (bicyclic) bond motifs is 1. The number of benzene rings is 1. The van der Waals surface area contributed by atoms with Crippen molar-refractivity contribution in [2.24, 2.45) is 7.05 Å². The highest BCUT2D eigenvalue weighted by Gasteiger charge is 2.24. The molecule has 4 rings (SSSR count). The maximum atomic E-state index is 13.5. The summed E-state index contributed by atoms with van der Waals surface area (Å²) in [5.41, 5.74) is 1.19. The Morgan fingerprint density at radius 1 is 1.22 bits per heavy atom. The zero-order chi connectivity index (χ0) is 22.8. The third-order valence-corrected chi connectivity index (χ3v) is 4.84. The summed E-state index contributed by atoms with van der Waals surface area (Å²) in [6, 6.07) is 7.60. The number of hydrogen-bond donors (Lipinski definition) is 1. The van der Waals surface area contributed by atoms with Gasteiger partial charge in [-0.15, -0.1) is 0 Å². The summed E-state index contributed by atoms with van der Waals surface area (Å²) >= 11 is 0. The number of hydrogen-bond acceptors (Lipinski definition) is 5. The number of carbonyl (C=O) groups is 2. The van der Waals surface area contributed by atoms with Crippen LogP contribution in [0.1, 0.15) is 20.8 Å². The highest BCUT2D eigenvalue weighted by atomic mass is 19.1. The lowest BCUT2D eigenvalue weighted by molar-refractivity contribution is 0.0780. The fraction of sp³-hybridized carbons (Fsp3) is 0.190. The van der Waals surface area contributed by atoms with Gasteiger partial charge in [-0.3, -0.25) is 18.7 Å². The highest BCUT2D eigenvalue weighted by Crippen LogP contribution is 2.20. The number of carbonyl (C=O) groups excluding carboxylic acids is 2. The molecule has 0 aliphatic carbocycles. The molecule has 1 aromatic carbocycles. The van der Waals surface area contributed by atoms with E-state index in [9.17, 15) is 18.4 Å². The van der Waals surface area contributed by atoms with E-state index in [0.717, 1.165) is 0 Å². The Kier molecular flexibility index (Phi) is 5.63. The summed E-state index contributed by atoms with van der Waals surface area (Å²) in [7, 11) is 2.97. The van der Waals surface area contributed by atoms with E-state index >= 15 is 0 Å². The number of halogens is 2. The lowest BCUT2D eigenvalue weighted by Crippen LogP contribution is -2.30. The highest BCUT2D eigenvalue weighted by molar-refractivity contribution is 6.10. The van der Waals surface area contributed by atoms with Crippen LogP contribution in [-0.2, 0) is 7.05 Å². The average Bonchev–Trinajstić information content (AvgIpc) is 3.36. The fourth-order valence-corrected chi connectivity index (χ4v) is 3.20. The van der Waals surface area contributed by atoms with E-state index in [1.165, 1.54) is 42.0 Å². The Bertz CT molecular complexity index is 1310. The number of amides is 2. The second kappa shape index (κ2) is 8.53. The van der Waals surface area contributed by atoms with Crippen molar-refractivity contribution in [3.8, 4) is 11.3 Å². The minimum atomic E-state index is -0.699. The average molecular weight is 439 g/mol. The number of anilines is 1. The van der Waals surface area contributed by atoms with Crippen LogP contribution in [-0.4, -0.2) is 61.1 Å². The summed E-state index contributed by atoms with van der Waals surface area (Å²) in [6.07, 6.45) is 4.61. The number of aromatic nitrogens is 5. The van der Waals surface area contributed by atoms with E-state index in [-0.39, 0.29) is 29.4 Å². The number of alkyl halides is 1. The van der Waals surface area contributed by atoms with Crippen LogP contribution in [0.3, 0.4) is 0 Å². The van der Waals surface area contributed by atoms with Crippen molar-refractivity contribution in [3.63, 3.8) is 0 Å². The van der Waals surface area contributed by atoms with Crippen LogP contribution in [0.5, 0.6) is 0 Å². The molecule has 0 unspecified atom stereocenters. The van der Waals surface area contributed by atoms with Crippen molar-refractivity contribution < 1.29 is 18.4 Å². The molecule has 164 valence electrons. The van der Waals surface area contributed by atoms with Crippen LogP contribution in [0.2, 0.25) is 0 Å². The maximum Gasteiger partial charge on any atom is 0.275 e. The number of aryl methyl sites for hydroxylation is 1. The number of nitrogens with zero attached hydrogens (tertiary/aromatic N) is 6. The Morgan fingerprint density at radius 3 is 2.78 bits per heavy atom. The lowest BCUT2D eigenvalue weighted by Gasteiger charge is -2.15.